The van der Waals surface area contributed by atoms with Gasteiger partial charge in [-0.25, -0.2) is 0 Å². The van der Waals surface area contributed by atoms with Crippen molar-refractivity contribution < 1.29 is 4.79 Å². The molecule has 1 heterocycles. The van der Waals surface area contributed by atoms with Crippen molar-refractivity contribution in [3.05, 3.63) is 30.0 Å². The largest absolute Gasteiger partial charge is 0.357 e. The maximum absolute atomic E-state index is 11.9. The minimum atomic E-state index is 0.0445. The Bertz CT molecular complexity index is 542. The summed E-state index contributed by atoms with van der Waals surface area (Å²) in [5, 5.41) is 4.08. The van der Waals surface area contributed by atoms with Gasteiger partial charge in [-0.05, 0) is 19.4 Å². The molecule has 1 amide bonds. The first-order chi connectivity index (χ1) is 8.13. The molecule has 1 atom stereocenters. The molecular weight excluding hydrogens is 212 g/mol. The standard InChI is InChI=1S/C14H18N2O/c1-4-9(2)14(17)16-13-10(3)15-12-8-6-5-7-11(12)13/h5-9,15H,4H2,1-3H3,(H,16,17). The molecule has 0 aliphatic heterocycles. The Morgan fingerprint density at radius 3 is 2.82 bits per heavy atom. The zero-order valence-corrected chi connectivity index (χ0v) is 10.5. The van der Waals surface area contributed by atoms with E-state index in [0.29, 0.717) is 0 Å². The minimum absolute atomic E-state index is 0.0445. The summed E-state index contributed by atoms with van der Waals surface area (Å²) in [7, 11) is 0. The number of benzene rings is 1. The molecule has 2 rings (SSSR count). The van der Waals surface area contributed by atoms with Crippen LogP contribution in [0.3, 0.4) is 0 Å². The minimum Gasteiger partial charge on any atom is -0.357 e. The number of rotatable bonds is 3. The summed E-state index contributed by atoms with van der Waals surface area (Å²) >= 11 is 0. The molecule has 1 aromatic carbocycles. The van der Waals surface area contributed by atoms with Crippen LogP contribution in [0.15, 0.2) is 24.3 Å². The lowest BCUT2D eigenvalue weighted by molar-refractivity contribution is -0.119. The molecule has 17 heavy (non-hydrogen) atoms. The van der Waals surface area contributed by atoms with Gasteiger partial charge in [0.25, 0.3) is 0 Å². The van der Waals surface area contributed by atoms with Gasteiger partial charge < -0.3 is 10.3 Å². The van der Waals surface area contributed by atoms with Crippen molar-refractivity contribution in [3.63, 3.8) is 0 Å². The fourth-order valence-corrected chi connectivity index (χ4v) is 1.87. The average Bonchev–Trinajstić information content (AvgIpc) is 2.65. The van der Waals surface area contributed by atoms with Crippen LogP contribution in [0.25, 0.3) is 10.9 Å². The van der Waals surface area contributed by atoms with E-state index in [1.807, 2.05) is 45.0 Å². The SMILES string of the molecule is CCC(C)C(=O)Nc1c(C)[nH]c2ccccc12. The zero-order valence-electron chi connectivity index (χ0n) is 10.5. The van der Waals surface area contributed by atoms with Gasteiger partial charge in [-0.2, -0.15) is 0 Å². The highest BCUT2D eigenvalue weighted by Crippen LogP contribution is 2.27. The third-order valence-corrected chi connectivity index (χ3v) is 3.20. The molecule has 0 spiro atoms. The van der Waals surface area contributed by atoms with Gasteiger partial charge in [0.15, 0.2) is 0 Å². The second kappa shape index (κ2) is 4.62. The van der Waals surface area contributed by atoms with Crippen LogP contribution in [0.1, 0.15) is 26.0 Å². The van der Waals surface area contributed by atoms with Crippen molar-refractivity contribution in [2.45, 2.75) is 27.2 Å². The van der Waals surface area contributed by atoms with Gasteiger partial charge in [-0.1, -0.05) is 32.0 Å². The lowest BCUT2D eigenvalue weighted by Crippen LogP contribution is -2.19. The number of anilines is 1. The zero-order chi connectivity index (χ0) is 12.4. The Balaban J connectivity index is 2.35. The second-order valence-corrected chi connectivity index (χ2v) is 4.47. The number of H-pyrrole nitrogens is 1. The van der Waals surface area contributed by atoms with E-state index in [4.69, 9.17) is 0 Å². The Morgan fingerprint density at radius 2 is 2.12 bits per heavy atom. The normalized spacial score (nSPS) is 12.6. The number of hydrogen-bond donors (Lipinski definition) is 2. The molecule has 1 aromatic heterocycles. The molecule has 0 fully saturated rings. The number of carbonyl (C=O) groups is 1. The third kappa shape index (κ3) is 2.18. The quantitative estimate of drug-likeness (QED) is 0.833. The van der Waals surface area contributed by atoms with Crippen LogP contribution >= 0.6 is 0 Å². The van der Waals surface area contributed by atoms with Crippen LogP contribution in [-0.2, 0) is 4.79 Å². The van der Waals surface area contributed by atoms with Crippen molar-refractivity contribution in [2.24, 2.45) is 5.92 Å². The molecule has 0 aliphatic rings. The van der Waals surface area contributed by atoms with E-state index in [2.05, 4.69) is 10.3 Å². The summed E-state index contributed by atoms with van der Waals surface area (Å²) in [5.74, 6) is 0.128. The van der Waals surface area contributed by atoms with E-state index < -0.39 is 0 Å². The number of aromatic amines is 1. The maximum atomic E-state index is 11.9. The van der Waals surface area contributed by atoms with Crippen LogP contribution in [0.4, 0.5) is 5.69 Å². The molecule has 2 N–H and O–H groups in total. The average molecular weight is 230 g/mol. The van der Waals surface area contributed by atoms with Gasteiger partial charge in [0, 0.05) is 22.5 Å². The van der Waals surface area contributed by atoms with E-state index in [9.17, 15) is 4.79 Å². The molecule has 0 saturated carbocycles. The molecular formula is C14H18N2O. The number of fused-ring (bicyclic) bond motifs is 1. The highest BCUT2D eigenvalue weighted by atomic mass is 16.1. The fourth-order valence-electron chi connectivity index (χ4n) is 1.87. The predicted octanol–water partition coefficient (Wildman–Crippen LogP) is 3.46. The van der Waals surface area contributed by atoms with E-state index in [0.717, 1.165) is 28.7 Å². The predicted molar refractivity (Wildman–Crippen MR) is 71.1 cm³/mol. The van der Waals surface area contributed by atoms with Gasteiger partial charge in [0.05, 0.1) is 5.69 Å². The van der Waals surface area contributed by atoms with Crippen molar-refractivity contribution in [1.82, 2.24) is 4.98 Å². The Labute approximate surface area is 101 Å². The van der Waals surface area contributed by atoms with Crippen molar-refractivity contribution in [3.8, 4) is 0 Å². The lowest BCUT2D eigenvalue weighted by atomic mass is 10.1. The second-order valence-electron chi connectivity index (χ2n) is 4.47. The highest BCUT2D eigenvalue weighted by molar-refractivity contribution is 6.03. The van der Waals surface area contributed by atoms with Crippen LogP contribution in [0, 0.1) is 12.8 Å². The number of amides is 1. The lowest BCUT2D eigenvalue weighted by Gasteiger charge is -2.10. The van der Waals surface area contributed by atoms with Gasteiger partial charge in [-0.3, -0.25) is 4.79 Å². The molecule has 0 aliphatic carbocycles. The maximum Gasteiger partial charge on any atom is 0.227 e. The van der Waals surface area contributed by atoms with E-state index in [1.165, 1.54) is 0 Å². The monoisotopic (exact) mass is 230 g/mol. The number of aromatic nitrogens is 1. The van der Waals surface area contributed by atoms with Gasteiger partial charge in [0.2, 0.25) is 5.91 Å². The number of aryl methyl sites for hydroxylation is 1. The first-order valence-electron chi connectivity index (χ1n) is 6.01. The molecule has 0 bridgehead atoms. The smallest absolute Gasteiger partial charge is 0.227 e. The molecule has 1 unspecified atom stereocenters. The van der Waals surface area contributed by atoms with Gasteiger partial charge >= 0.3 is 0 Å². The molecule has 0 radical (unpaired) electrons. The van der Waals surface area contributed by atoms with Crippen LogP contribution in [-0.4, -0.2) is 10.9 Å². The van der Waals surface area contributed by atoms with Crippen LogP contribution in [0.5, 0.6) is 0 Å². The van der Waals surface area contributed by atoms with Crippen molar-refractivity contribution >= 4 is 22.5 Å². The summed E-state index contributed by atoms with van der Waals surface area (Å²) in [4.78, 5) is 15.2. The van der Waals surface area contributed by atoms with Crippen molar-refractivity contribution in [1.29, 1.82) is 0 Å². The first kappa shape index (κ1) is 11.7. The summed E-state index contributed by atoms with van der Waals surface area (Å²) in [5.41, 5.74) is 2.97. The number of para-hydroxylation sites is 1. The number of carbonyl (C=O) groups excluding carboxylic acids is 1. The van der Waals surface area contributed by atoms with Crippen LogP contribution in [0.2, 0.25) is 0 Å². The van der Waals surface area contributed by atoms with Crippen LogP contribution < -0.4 is 5.32 Å². The summed E-state index contributed by atoms with van der Waals surface area (Å²) in [6.45, 7) is 5.94. The fraction of sp³-hybridized carbons (Fsp3) is 0.357. The molecule has 3 heteroatoms. The van der Waals surface area contributed by atoms with E-state index >= 15 is 0 Å². The summed E-state index contributed by atoms with van der Waals surface area (Å²) in [6, 6.07) is 8.00. The number of hydrogen-bond acceptors (Lipinski definition) is 1. The Hall–Kier alpha value is -1.77. The number of nitrogens with one attached hydrogen (secondary N) is 2. The summed E-state index contributed by atoms with van der Waals surface area (Å²) in [6.07, 6.45) is 0.854. The topological polar surface area (TPSA) is 44.9 Å². The highest BCUT2D eigenvalue weighted by Gasteiger charge is 2.14. The Morgan fingerprint density at radius 1 is 1.41 bits per heavy atom. The van der Waals surface area contributed by atoms with Gasteiger partial charge in [0.1, 0.15) is 0 Å². The Kier molecular flexibility index (Phi) is 3.18. The molecule has 90 valence electrons. The van der Waals surface area contributed by atoms with E-state index in [1.54, 1.807) is 0 Å². The van der Waals surface area contributed by atoms with Gasteiger partial charge in [-0.15, -0.1) is 0 Å². The van der Waals surface area contributed by atoms with E-state index in [-0.39, 0.29) is 11.8 Å². The summed E-state index contributed by atoms with van der Waals surface area (Å²) < 4.78 is 0. The van der Waals surface area contributed by atoms with Crippen molar-refractivity contribution in [2.75, 3.05) is 5.32 Å². The molecule has 2 aromatic rings. The first-order valence-corrected chi connectivity index (χ1v) is 6.01. The molecule has 0 saturated heterocycles. The molecule has 3 nitrogen and oxygen atoms in total. The third-order valence-electron chi connectivity index (χ3n) is 3.20.